The predicted octanol–water partition coefficient (Wildman–Crippen LogP) is 2.50. The van der Waals surface area contributed by atoms with Crippen molar-refractivity contribution in [1.29, 1.82) is 0 Å². The van der Waals surface area contributed by atoms with Crippen molar-refractivity contribution in [3.8, 4) is 0 Å². The number of sulfone groups is 1. The molecule has 0 bridgehead atoms. The zero-order valence-corrected chi connectivity index (χ0v) is 11.1. The summed E-state index contributed by atoms with van der Waals surface area (Å²) in [6.45, 7) is 0. The number of hydrogen-bond donors (Lipinski definition) is 0. The van der Waals surface area contributed by atoms with Crippen molar-refractivity contribution in [3.05, 3.63) is 29.8 Å². The number of rotatable bonds is 4. The van der Waals surface area contributed by atoms with Crippen molar-refractivity contribution in [2.24, 2.45) is 5.92 Å². The van der Waals surface area contributed by atoms with E-state index in [-0.39, 0.29) is 23.9 Å². The molecular weight excluding hydrogens is 274 g/mol. The van der Waals surface area contributed by atoms with E-state index >= 15 is 0 Å². The summed E-state index contributed by atoms with van der Waals surface area (Å²) >= 11 is 0. The normalized spacial score (nSPS) is 19.9. The molecule has 104 valence electrons. The van der Waals surface area contributed by atoms with Crippen LogP contribution in [0.2, 0.25) is 0 Å². The van der Waals surface area contributed by atoms with Gasteiger partial charge in [0.2, 0.25) is 0 Å². The molecule has 6 heteroatoms. The molecular formula is C13H14F2O3S. The van der Waals surface area contributed by atoms with Crippen molar-refractivity contribution >= 4 is 15.6 Å². The maximum absolute atomic E-state index is 13.4. The Morgan fingerprint density at radius 2 is 2.00 bits per heavy atom. The molecule has 1 atom stereocenters. The fraction of sp³-hybridized carbons (Fsp3) is 0.462. The van der Waals surface area contributed by atoms with Gasteiger partial charge in [0.05, 0.1) is 5.75 Å². The summed E-state index contributed by atoms with van der Waals surface area (Å²) in [7, 11) is -3.81. The lowest BCUT2D eigenvalue weighted by atomic mass is 10.1. The largest absolute Gasteiger partial charge is 0.299 e. The second-order valence-electron chi connectivity index (χ2n) is 4.74. The molecule has 1 unspecified atom stereocenters. The van der Waals surface area contributed by atoms with Gasteiger partial charge in [0.1, 0.15) is 22.3 Å². The Morgan fingerprint density at radius 1 is 1.26 bits per heavy atom. The molecule has 3 nitrogen and oxygen atoms in total. The minimum absolute atomic E-state index is 0.0785. The summed E-state index contributed by atoms with van der Waals surface area (Å²) in [5.41, 5.74) is 0. The van der Waals surface area contributed by atoms with Gasteiger partial charge >= 0.3 is 0 Å². The summed E-state index contributed by atoms with van der Waals surface area (Å²) in [4.78, 5) is 10.9. The zero-order chi connectivity index (χ0) is 14.0. The molecule has 0 spiro atoms. The molecule has 0 radical (unpaired) electrons. The van der Waals surface area contributed by atoms with Crippen LogP contribution in [0.5, 0.6) is 0 Å². The van der Waals surface area contributed by atoms with Crippen LogP contribution in [-0.2, 0) is 14.6 Å². The Kier molecular flexibility index (Phi) is 3.99. The maximum atomic E-state index is 13.4. The highest BCUT2D eigenvalue weighted by Gasteiger charge is 2.27. The van der Waals surface area contributed by atoms with Gasteiger partial charge in [-0.15, -0.1) is 0 Å². The molecule has 0 N–H and O–H groups in total. The van der Waals surface area contributed by atoms with Gasteiger partial charge in [0, 0.05) is 18.4 Å². The van der Waals surface area contributed by atoms with E-state index in [1.165, 1.54) is 0 Å². The molecule has 2 rings (SSSR count). The highest BCUT2D eigenvalue weighted by molar-refractivity contribution is 7.91. The van der Waals surface area contributed by atoms with E-state index in [1.54, 1.807) is 0 Å². The molecule has 19 heavy (non-hydrogen) atoms. The fourth-order valence-corrected chi connectivity index (χ4v) is 3.77. The van der Waals surface area contributed by atoms with Gasteiger partial charge in [-0.2, -0.15) is 0 Å². The summed E-state index contributed by atoms with van der Waals surface area (Å²) in [5, 5.41) is 0. The maximum Gasteiger partial charge on any atom is 0.181 e. The standard InChI is InChI=1S/C13H14F2O3S/c14-10-4-5-13(11(15)8-10)19(17,18)7-6-9-2-1-3-12(9)16/h4-5,8-9H,1-3,6-7H2. The Morgan fingerprint density at radius 3 is 2.58 bits per heavy atom. The van der Waals surface area contributed by atoms with Crippen LogP contribution in [0.3, 0.4) is 0 Å². The molecule has 0 aromatic heterocycles. The number of hydrogen-bond acceptors (Lipinski definition) is 3. The van der Waals surface area contributed by atoms with E-state index in [0.29, 0.717) is 18.9 Å². The van der Waals surface area contributed by atoms with Gasteiger partial charge in [-0.3, -0.25) is 4.79 Å². The number of Topliss-reactive ketones (excluding diaryl/α,β-unsaturated/α-hetero) is 1. The molecule has 0 amide bonds. The van der Waals surface area contributed by atoms with Crippen LogP contribution in [0, 0.1) is 17.6 Å². The smallest absolute Gasteiger partial charge is 0.181 e. The van der Waals surface area contributed by atoms with Crippen LogP contribution < -0.4 is 0 Å². The lowest BCUT2D eigenvalue weighted by molar-refractivity contribution is -0.120. The van der Waals surface area contributed by atoms with Crippen LogP contribution in [0.15, 0.2) is 23.1 Å². The first-order valence-electron chi connectivity index (χ1n) is 6.10. The van der Waals surface area contributed by atoms with Crippen LogP contribution >= 0.6 is 0 Å². The first-order valence-corrected chi connectivity index (χ1v) is 7.76. The lowest BCUT2D eigenvalue weighted by Gasteiger charge is -2.09. The van der Waals surface area contributed by atoms with E-state index in [4.69, 9.17) is 0 Å². The number of carbonyl (C=O) groups is 1. The van der Waals surface area contributed by atoms with E-state index in [2.05, 4.69) is 0 Å². The first-order chi connectivity index (χ1) is 8.90. The summed E-state index contributed by atoms with van der Waals surface area (Å²) in [5.74, 6) is -2.35. The van der Waals surface area contributed by atoms with Gasteiger partial charge in [-0.1, -0.05) is 0 Å². The Labute approximate surface area is 110 Å². The minimum Gasteiger partial charge on any atom is -0.299 e. The van der Waals surface area contributed by atoms with E-state index in [1.807, 2.05) is 0 Å². The van der Waals surface area contributed by atoms with E-state index < -0.39 is 26.4 Å². The zero-order valence-electron chi connectivity index (χ0n) is 10.2. The second-order valence-corrected chi connectivity index (χ2v) is 6.82. The lowest BCUT2D eigenvalue weighted by Crippen LogP contribution is -2.15. The molecule has 1 aliphatic rings. The van der Waals surface area contributed by atoms with Crippen molar-refractivity contribution in [1.82, 2.24) is 0 Å². The molecule has 1 aromatic rings. The van der Waals surface area contributed by atoms with Crippen molar-refractivity contribution < 1.29 is 22.0 Å². The van der Waals surface area contributed by atoms with Gasteiger partial charge in [0.25, 0.3) is 0 Å². The third kappa shape index (κ3) is 3.18. The Hall–Kier alpha value is -1.30. The van der Waals surface area contributed by atoms with E-state index in [0.717, 1.165) is 18.6 Å². The van der Waals surface area contributed by atoms with Crippen molar-refractivity contribution in [2.45, 2.75) is 30.6 Å². The molecule has 1 saturated carbocycles. The van der Waals surface area contributed by atoms with Crippen LogP contribution in [0.25, 0.3) is 0 Å². The van der Waals surface area contributed by atoms with Gasteiger partial charge in [-0.05, 0) is 31.4 Å². The molecule has 1 aliphatic carbocycles. The molecule has 0 saturated heterocycles. The SMILES string of the molecule is O=C1CCCC1CCS(=O)(=O)c1ccc(F)cc1F. The Balaban J connectivity index is 2.12. The fourth-order valence-electron chi connectivity index (χ4n) is 2.33. The van der Waals surface area contributed by atoms with Crippen molar-refractivity contribution in [3.63, 3.8) is 0 Å². The predicted molar refractivity (Wildman–Crippen MR) is 65.4 cm³/mol. The van der Waals surface area contributed by atoms with Crippen LogP contribution in [0.4, 0.5) is 8.78 Å². The second kappa shape index (κ2) is 5.36. The topological polar surface area (TPSA) is 51.2 Å². The number of ketones is 1. The average Bonchev–Trinajstić information content (AvgIpc) is 2.72. The first kappa shape index (κ1) is 14.1. The molecule has 0 aliphatic heterocycles. The average molecular weight is 288 g/mol. The number of benzene rings is 1. The number of halogens is 2. The highest BCUT2D eigenvalue weighted by atomic mass is 32.2. The molecule has 1 aromatic carbocycles. The highest BCUT2D eigenvalue weighted by Crippen LogP contribution is 2.26. The van der Waals surface area contributed by atoms with E-state index in [9.17, 15) is 22.0 Å². The monoisotopic (exact) mass is 288 g/mol. The summed E-state index contributed by atoms with van der Waals surface area (Å²) in [6, 6.07) is 2.39. The summed E-state index contributed by atoms with van der Waals surface area (Å²) < 4.78 is 50.1. The molecule has 0 heterocycles. The third-order valence-electron chi connectivity index (χ3n) is 3.40. The van der Waals surface area contributed by atoms with Crippen molar-refractivity contribution in [2.75, 3.05) is 5.75 Å². The minimum atomic E-state index is -3.81. The number of carbonyl (C=O) groups excluding carboxylic acids is 1. The van der Waals surface area contributed by atoms with Gasteiger partial charge < -0.3 is 0 Å². The summed E-state index contributed by atoms with van der Waals surface area (Å²) in [6.07, 6.45) is 2.18. The van der Waals surface area contributed by atoms with Crippen LogP contribution in [-0.4, -0.2) is 20.0 Å². The Bertz CT molecular complexity index is 596. The van der Waals surface area contributed by atoms with Gasteiger partial charge in [0.15, 0.2) is 9.84 Å². The van der Waals surface area contributed by atoms with Gasteiger partial charge in [-0.25, -0.2) is 17.2 Å². The third-order valence-corrected chi connectivity index (χ3v) is 5.17. The molecule has 1 fully saturated rings. The quantitative estimate of drug-likeness (QED) is 0.800. The van der Waals surface area contributed by atoms with Crippen LogP contribution in [0.1, 0.15) is 25.7 Å².